The van der Waals surface area contributed by atoms with Gasteiger partial charge in [-0.25, -0.2) is 0 Å². The number of nitrogens with one attached hydrogen (secondary N) is 2. The molecule has 1 aromatic heterocycles. The van der Waals surface area contributed by atoms with Gasteiger partial charge in [0, 0.05) is 11.8 Å². The number of nitro benzene ring substituents is 1. The van der Waals surface area contributed by atoms with Crippen LogP contribution in [0.1, 0.15) is 27.3 Å². The Morgan fingerprint density at radius 3 is 2.71 bits per heavy atom. The third-order valence-electron chi connectivity index (χ3n) is 2.93. The van der Waals surface area contributed by atoms with Crippen LogP contribution in [0.25, 0.3) is 0 Å². The largest absolute Gasteiger partial charge is 0.316 e. The fourth-order valence-electron chi connectivity index (χ4n) is 1.93. The van der Waals surface area contributed by atoms with E-state index in [2.05, 4.69) is 15.5 Å². The zero-order chi connectivity index (χ0) is 15.6. The maximum absolute atomic E-state index is 12.2. The van der Waals surface area contributed by atoms with Crippen molar-refractivity contribution in [2.75, 3.05) is 5.32 Å². The van der Waals surface area contributed by atoms with Crippen molar-refractivity contribution in [1.82, 2.24) is 10.2 Å². The summed E-state index contributed by atoms with van der Waals surface area (Å²) in [4.78, 5) is 22.6. The fraction of sp³-hybridized carbons (Fsp3) is 0.154. The maximum atomic E-state index is 12.2. The molecule has 0 aliphatic carbocycles. The first-order valence-electron chi connectivity index (χ1n) is 5.95. The quantitative estimate of drug-likeness (QED) is 0.659. The number of aryl methyl sites for hydroxylation is 2. The summed E-state index contributed by atoms with van der Waals surface area (Å²) in [5, 5.41) is 28.8. The molecule has 0 radical (unpaired) electrons. The summed E-state index contributed by atoms with van der Waals surface area (Å²) < 4.78 is 0. The average molecular weight is 285 g/mol. The van der Waals surface area contributed by atoms with Crippen molar-refractivity contribution in [1.29, 1.82) is 5.26 Å². The van der Waals surface area contributed by atoms with E-state index in [-0.39, 0.29) is 16.9 Å². The third-order valence-corrected chi connectivity index (χ3v) is 2.93. The van der Waals surface area contributed by atoms with Crippen molar-refractivity contribution in [3.63, 3.8) is 0 Å². The summed E-state index contributed by atoms with van der Waals surface area (Å²) >= 11 is 0. The Balaban J connectivity index is 2.38. The highest BCUT2D eigenvalue weighted by molar-refractivity contribution is 6.06. The molecule has 0 aliphatic rings. The van der Waals surface area contributed by atoms with Gasteiger partial charge < -0.3 is 5.32 Å². The second-order valence-electron chi connectivity index (χ2n) is 4.36. The number of aromatic nitrogens is 2. The summed E-state index contributed by atoms with van der Waals surface area (Å²) in [6, 6.07) is 5.67. The number of nitriles is 1. The summed E-state index contributed by atoms with van der Waals surface area (Å²) in [7, 11) is 0. The maximum Gasteiger partial charge on any atom is 0.294 e. The van der Waals surface area contributed by atoms with E-state index in [0.29, 0.717) is 17.0 Å². The molecule has 0 atom stereocenters. The van der Waals surface area contributed by atoms with Gasteiger partial charge >= 0.3 is 0 Å². The number of nitrogens with zero attached hydrogens (tertiary/aromatic N) is 3. The molecule has 2 rings (SSSR count). The van der Waals surface area contributed by atoms with Gasteiger partial charge in [-0.15, -0.1) is 0 Å². The predicted molar refractivity (Wildman–Crippen MR) is 73.8 cm³/mol. The lowest BCUT2D eigenvalue weighted by Crippen LogP contribution is -2.14. The molecule has 0 saturated heterocycles. The molecule has 0 spiro atoms. The smallest absolute Gasteiger partial charge is 0.294 e. The van der Waals surface area contributed by atoms with E-state index in [0.717, 1.165) is 6.07 Å². The van der Waals surface area contributed by atoms with Gasteiger partial charge in [-0.3, -0.25) is 20.0 Å². The molecule has 1 amide bonds. The Morgan fingerprint density at radius 2 is 2.19 bits per heavy atom. The van der Waals surface area contributed by atoms with Crippen molar-refractivity contribution in [3.8, 4) is 6.07 Å². The summed E-state index contributed by atoms with van der Waals surface area (Å²) in [5.41, 5.74) is 1.26. The third kappa shape index (κ3) is 2.71. The number of H-pyrrole nitrogens is 1. The lowest BCUT2D eigenvalue weighted by molar-refractivity contribution is -0.383. The SMILES string of the molecule is Cc1n[nH]c(C)c1C(=O)Nc1ccc(C#N)cc1[N+](=O)[O-]. The number of benzene rings is 1. The Kier molecular flexibility index (Phi) is 3.67. The summed E-state index contributed by atoms with van der Waals surface area (Å²) in [6.45, 7) is 3.34. The number of carbonyl (C=O) groups is 1. The van der Waals surface area contributed by atoms with Gasteiger partial charge in [0.15, 0.2) is 0 Å². The number of aromatic amines is 1. The van der Waals surface area contributed by atoms with Gasteiger partial charge in [-0.05, 0) is 26.0 Å². The number of carbonyl (C=O) groups excluding carboxylic acids is 1. The number of anilines is 1. The van der Waals surface area contributed by atoms with Gasteiger partial charge in [0.1, 0.15) is 5.69 Å². The van der Waals surface area contributed by atoms with Crippen LogP contribution in [0.4, 0.5) is 11.4 Å². The van der Waals surface area contributed by atoms with Gasteiger partial charge in [0.05, 0.1) is 27.8 Å². The number of rotatable bonds is 3. The highest BCUT2D eigenvalue weighted by Gasteiger charge is 2.20. The molecule has 0 fully saturated rings. The lowest BCUT2D eigenvalue weighted by atomic mass is 10.1. The van der Waals surface area contributed by atoms with E-state index < -0.39 is 10.8 Å². The van der Waals surface area contributed by atoms with Crippen LogP contribution < -0.4 is 5.32 Å². The molecule has 21 heavy (non-hydrogen) atoms. The van der Waals surface area contributed by atoms with Crippen LogP contribution in [0.3, 0.4) is 0 Å². The fourth-order valence-corrected chi connectivity index (χ4v) is 1.93. The van der Waals surface area contributed by atoms with E-state index >= 15 is 0 Å². The monoisotopic (exact) mass is 285 g/mol. The highest BCUT2D eigenvalue weighted by Crippen LogP contribution is 2.26. The second kappa shape index (κ2) is 5.42. The molecule has 8 heteroatoms. The molecule has 1 aromatic carbocycles. The van der Waals surface area contributed by atoms with Gasteiger partial charge in [0.25, 0.3) is 11.6 Å². The number of hydrogen-bond donors (Lipinski definition) is 2. The molecule has 1 heterocycles. The molecule has 106 valence electrons. The van der Waals surface area contributed by atoms with Crippen LogP contribution in [0, 0.1) is 35.3 Å². The Bertz CT molecular complexity index is 753. The van der Waals surface area contributed by atoms with Crippen LogP contribution in [0.2, 0.25) is 0 Å². The van der Waals surface area contributed by atoms with Crippen molar-refractivity contribution < 1.29 is 9.72 Å². The van der Waals surface area contributed by atoms with E-state index in [1.807, 2.05) is 6.07 Å². The predicted octanol–water partition coefficient (Wildman–Crippen LogP) is 2.06. The molecule has 8 nitrogen and oxygen atoms in total. The number of nitro groups is 1. The molecular weight excluding hydrogens is 274 g/mol. The van der Waals surface area contributed by atoms with Gasteiger partial charge in [-0.2, -0.15) is 10.4 Å². The molecule has 0 bridgehead atoms. The molecular formula is C13H11N5O3. The minimum absolute atomic E-state index is 0.0315. The van der Waals surface area contributed by atoms with E-state index in [1.165, 1.54) is 12.1 Å². The zero-order valence-corrected chi connectivity index (χ0v) is 11.3. The highest BCUT2D eigenvalue weighted by atomic mass is 16.6. The molecule has 0 saturated carbocycles. The minimum Gasteiger partial charge on any atom is -0.316 e. The lowest BCUT2D eigenvalue weighted by Gasteiger charge is -2.06. The van der Waals surface area contributed by atoms with Gasteiger partial charge in [-0.1, -0.05) is 0 Å². The first-order chi connectivity index (χ1) is 9.93. The molecule has 2 aromatic rings. The van der Waals surface area contributed by atoms with Crippen LogP contribution in [-0.4, -0.2) is 21.0 Å². The van der Waals surface area contributed by atoms with Crippen LogP contribution >= 0.6 is 0 Å². The van der Waals surface area contributed by atoms with E-state index in [4.69, 9.17) is 5.26 Å². The topological polar surface area (TPSA) is 125 Å². The summed E-state index contributed by atoms with van der Waals surface area (Å²) in [6.07, 6.45) is 0. The van der Waals surface area contributed by atoms with Crippen molar-refractivity contribution in [3.05, 3.63) is 50.8 Å². The van der Waals surface area contributed by atoms with Crippen molar-refractivity contribution in [2.45, 2.75) is 13.8 Å². The van der Waals surface area contributed by atoms with E-state index in [9.17, 15) is 14.9 Å². The standard InChI is InChI=1S/C13H11N5O3/c1-7-12(8(2)17-16-7)13(19)15-10-4-3-9(6-14)5-11(10)18(20)21/h3-5H,1-2H3,(H,15,19)(H,16,17). The Morgan fingerprint density at radius 1 is 1.48 bits per heavy atom. The van der Waals surface area contributed by atoms with Crippen LogP contribution in [-0.2, 0) is 0 Å². The second-order valence-corrected chi connectivity index (χ2v) is 4.36. The van der Waals surface area contributed by atoms with E-state index in [1.54, 1.807) is 13.8 Å². The van der Waals surface area contributed by atoms with Crippen molar-refractivity contribution >= 4 is 17.3 Å². The van der Waals surface area contributed by atoms with Crippen molar-refractivity contribution in [2.24, 2.45) is 0 Å². The number of amides is 1. The molecule has 2 N–H and O–H groups in total. The Labute approximate surface area is 119 Å². The minimum atomic E-state index is -0.647. The summed E-state index contributed by atoms with van der Waals surface area (Å²) in [5.74, 6) is -0.494. The normalized spacial score (nSPS) is 9.95. The Hall–Kier alpha value is -3.21. The first-order valence-corrected chi connectivity index (χ1v) is 5.95. The average Bonchev–Trinajstić information content (AvgIpc) is 2.78. The van der Waals surface area contributed by atoms with Gasteiger partial charge in [0.2, 0.25) is 0 Å². The van der Waals surface area contributed by atoms with Crippen LogP contribution in [0.5, 0.6) is 0 Å². The zero-order valence-electron chi connectivity index (χ0n) is 11.3. The number of hydrogen-bond acceptors (Lipinski definition) is 5. The first kappa shape index (κ1) is 14.2. The van der Waals surface area contributed by atoms with Crippen LogP contribution in [0.15, 0.2) is 18.2 Å². The molecule has 0 unspecified atom stereocenters. The molecule has 0 aliphatic heterocycles.